The minimum Gasteiger partial charge on any atom is -0.493 e. The SMILES string of the molecule is COc1cc(F)ccc1ONC(=O)c1cc2ccccc2nc1-c1cccc(S(N)(=O)=O)c1. The standard InChI is InChI=1S/C23H18FN3O5S/c1-31-21-13-16(24)9-10-20(21)32-27-23(28)18-12-14-5-2-3-8-19(14)26-22(18)15-6-4-7-17(11-15)33(25,29)30/h2-13H,1H3,(H,27,28)(H2,25,29,30). The Balaban J connectivity index is 1.76. The molecule has 1 heterocycles. The van der Waals surface area contributed by atoms with Gasteiger partial charge in [-0.1, -0.05) is 30.3 Å². The molecule has 1 amide bonds. The van der Waals surface area contributed by atoms with Gasteiger partial charge in [0, 0.05) is 17.0 Å². The average Bonchev–Trinajstić information content (AvgIpc) is 2.81. The summed E-state index contributed by atoms with van der Waals surface area (Å²) in [6.45, 7) is 0. The molecule has 0 radical (unpaired) electrons. The summed E-state index contributed by atoms with van der Waals surface area (Å²) in [5, 5.41) is 5.94. The van der Waals surface area contributed by atoms with Gasteiger partial charge in [-0.3, -0.25) is 4.79 Å². The number of nitrogens with zero attached hydrogens (tertiary/aromatic N) is 1. The Bertz CT molecular complexity index is 1470. The van der Waals surface area contributed by atoms with Crippen LogP contribution in [-0.2, 0) is 10.0 Å². The number of rotatable bonds is 6. The van der Waals surface area contributed by atoms with E-state index in [2.05, 4.69) is 10.5 Å². The molecule has 0 saturated heterocycles. The molecule has 4 aromatic rings. The van der Waals surface area contributed by atoms with Crippen LogP contribution in [0, 0.1) is 5.82 Å². The van der Waals surface area contributed by atoms with E-state index >= 15 is 0 Å². The Labute approximate surface area is 188 Å². The number of aromatic nitrogens is 1. The molecule has 0 atom stereocenters. The van der Waals surface area contributed by atoms with Gasteiger partial charge in [0.1, 0.15) is 5.82 Å². The first-order valence-electron chi connectivity index (χ1n) is 9.60. The fourth-order valence-electron chi connectivity index (χ4n) is 3.21. The van der Waals surface area contributed by atoms with Crippen molar-refractivity contribution < 1.29 is 27.2 Å². The van der Waals surface area contributed by atoms with Gasteiger partial charge in [0.15, 0.2) is 11.5 Å². The van der Waals surface area contributed by atoms with E-state index in [1.54, 1.807) is 36.4 Å². The van der Waals surface area contributed by atoms with Crippen LogP contribution in [0.25, 0.3) is 22.2 Å². The number of hydrogen-bond acceptors (Lipinski definition) is 6. The van der Waals surface area contributed by atoms with E-state index in [0.29, 0.717) is 16.5 Å². The number of amides is 1. The summed E-state index contributed by atoms with van der Waals surface area (Å²) >= 11 is 0. The van der Waals surface area contributed by atoms with Gasteiger partial charge >= 0.3 is 0 Å². The van der Waals surface area contributed by atoms with E-state index in [9.17, 15) is 17.6 Å². The molecule has 33 heavy (non-hydrogen) atoms. The zero-order valence-electron chi connectivity index (χ0n) is 17.3. The first-order chi connectivity index (χ1) is 15.8. The van der Waals surface area contributed by atoms with Crippen molar-refractivity contribution in [3.05, 3.63) is 84.2 Å². The summed E-state index contributed by atoms with van der Waals surface area (Å²) in [5.41, 5.74) is 3.63. The lowest BCUT2D eigenvalue weighted by Gasteiger charge is -2.14. The van der Waals surface area contributed by atoms with Crippen LogP contribution in [0.15, 0.2) is 77.7 Å². The van der Waals surface area contributed by atoms with Gasteiger partial charge in [-0.15, -0.1) is 0 Å². The van der Waals surface area contributed by atoms with Gasteiger partial charge < -0.3 is 9.57 Å². The van der Waals surface area contributed by atoms with Crippen molar-refractivity contribution in [2.24, 2.45) is 5.14 Å². The average molecular weight is 467 g/mol. The Hall–Kier alpha value is -4.02. The molecule has 0 fully saturated rings. The third-order valence-corrected chi connectivity index (χ3v) is 5.69. The quantitative estimate of drug-likeness (QED) is 0.419. The van der Waals surface area contributed by atoms with Crippen LogP contribution in [-0.4, -0.2) is 26.4 Å². The van der Waals surface area contributed by atoms with E-state index in [1.165, 1.54) is 31.4 Å². The number of sulfonamides is 1. The molecule has 0 unspecified atom stereocenters. The van der Waals surface area contributed by atoms with Crippen LogP contribution in [0.3, 0.4) is 0 Å². The van der Waals surface area contributed by atoms with Crippen LogP contribution in [0.5, 0.6) is 11.5 Å². The number of para-hydroxylation sites is 1. The number of nitrogens with one attached hydrogen (secondary N) is 1. The maximum atomic E-state index is 13.4. The lowest BCUT2D eigenvalue weighted by atomic mass is 10.0. The number of halogens is 1. The van der Waals surface area contributed by atoms with E-state index in [1.807, 2.05) is 0 Å². The molecule has 3 aromatic carbocycles. The number of hydrogen-bond donors (Lipinski definition) is 2. The zero-order valence-corrected chi connectivity index (χ0v) is 18.1. The van der Waals surface area contributed by atoms with Gasteiger partial charge in [0.2, 0.25) is 10.0 Å². The monoisotopic (exact) mass is 467 g/mol. The van der Waals surface area contributed by atoms with Crippen molar-refractivity contribution >= 4 is 26.8 Å². The molecule has 0 aliphatic carbocycles. The first kappa shape index (κ1) is 22.2. The third-order valence-electron chi connectivity index (χ3n) is 4.78. The lowest BCUT2D eigenvalue weighted by molar-refractivity contribution is 0.0754. The largest absolute Gasteiger partial charge is 0.493 e. The Morgan fingerprint density at radius 2 is 1.79 bits per heavy atom. The number of benzene rings is 3. The number of carbonyl (C=O) groups excluding carboxylic acids is 1. The molecule has 3 N–H and O–H groups in total. The highest BCUT2D eigenvalue weighted by atomic mass is 32.2. The van der Waals surface area contributed by atoms with E-state index in [-0.39, 0.29) is 27.7 Å². The normalized spacial score (nSPS) is 11.2. The molecule has 8 nitrogen and oxygen atoms in total. The Morgan fingerprint density at radius 1 is 1.00 bits per heavy atom. The second kappa shape index (κ2) is 8.85. The highest BCUT2D eigenvalue weighted by molar-refractivity contribution is 7.89. The van der Waals surface area contributed by atoms with Crippen molar-refractivity contribution in [3.8, 4) is 22.8 Å². The molecular weight excluding hydrogens is 449 g/mol. The Kier molecular flexibility index (Phi) is 5.95. The Morgan fingerprint density at radius 3 is 2.55 bits per heavy atom. The summed E-state index contributed by atoms with van der Waals surface area (Å²) in [4.78, 5) is 22.9. The fourth-order valence-corrected chi connectivity index (χ4v) is 3.77. The number of ether oxygens (including phenoxy) is 1. The molecule has 0 bridgehead atoms. The van der Waals surface area contributed by atoms with Crippen LogP contribution < -0.4 is 20.2 Å². The predicted octanol–water partition coefficient (Wildman–Crippen LogP) is 3.42. The van der Waals surface area contributed by atoms with Crippen LogP contribution in [0.1, 0.15) is 10.4 Å². The maximum absolute atomic E-state index is 13.4. The molecule has 0 aliphatic heterocycles. The third kappa shape index (κ3) is 4.76. The van der Waals surface area contributed by atoms with Crippen LogP contribution in [0.2, 0.25) is 0 Å². The number of hydroxylamine groups is 1. The van der Waals surface area contributed by atoms with E-state index in [0.717, 1.165) is 12.1 Å². The molecule has 1 aromatic heterocycles. The number of pyridine rings is 1. The highest BCUT2D eigenvalue weighted by Gasteiger charge is 2.19. The minimum absolute atomic E-state index is 0.0908. The molecule has 168 valence electrons. The fraction of sp³-hybridized carbons (Fsp3) is 0.0435. The van der Waals surface area contributed by atoms with Crippen LogP contribution in [0.4, 0.5) is 4.39 Å². The second-order valence-corrected chi connectivity index (χ2v) is 8.54. The van der Waals surface area contributed by atoms with Gasteiger partial charge in [0.05, 0.1) is 28.8 Å². The van der Waals surface area contributed by atoms with Gasteiger partial charge in [-0.05, 0) is 36.4 Å². The number of nitrogens with two attached hydrogens (primary N) is 1. The van der Waals surface area contributed by atoms with Gasteiger partial charge in [0.25, 0.3) is 5.91 Å². The maximum Gasteiger partial charge on any atom is 0.286 e. The number of carbonyl (C=O) groups is 1. The van der Waals surface area contributed by atoms with Crippen molar-refractivity contribution in [3.63, 3.8) is 0 Å². The van der Waals surface area contributed by atoms with Crippen molar-refractivity contribution in [1.29, 1.82) is 0 Å². The molecule has 0 spiro atoms. The summed E-state index contributed by atoms with van der Waals surface area (Å²) in [5.74, 6) is -0.997. The van der Waals surface area contributed by atoms with Crippen molar-refractivity contribution in [2.45, 2.75) is 4.90 Å². The van der Waals surface area contributed by atoms with Gasteiger partial charge in [-0.25, -0.2) is 22.9 Å². The molecular formula is C23H18FN3O5S. The number of methoxy groups -OCH3 is 1. The molecule has 4 rings (SSSR count). The smallest absolute Gasteiger partial charge is 0.286 e. The first-order valence-corrected chi connectivity index (χ1v) is 11.1. The second-order valence-electron chi connectivity index (χ2n) is 6.98. The highest BCUT2D eigenvalue weighted by Crippen LogP contribution is 2.29. The summed E-state index contributed by atoms with van der Waals surface area (Å²) in [7, 11) is -2.62. The van der Waals surface area contributed by atoms with Crippen molar-refractivity contribution in [2.75, 3.05) is 7.11 Å². The molecule has 0 aliphatic rings. The molecule has 0 saturated carbocycles. The van der Waals surface area contributed by atoms with E-state index in [4.69, 9.17) is 14.7 Å². The van der Waals surface area contributed by atoms with Crippen molar-refractivity contribution in [1.82, 2.24) is 10.5 Å². The number of fused-ring (bicyclic) bond motifs is 1. The minimum atomic E-state index is -3.96. The summed E-state index contributed by atoms with van der Waals surface area (Å²) < 4.78 is 42.1. The van der Waals surface area contributed by atoms with Gasteiger partial charge in [-0.2, -0.15) is 5.48 Å². The summed E-state index contributed by atoms with van der Waals surface area (Å²) in [6, 6.07) is 18.2. The zero-order chi connectivity index (χ0) is 23.6. The topological polar surface area (TPSA) is 121 Å². The van der Waals surface area contributed by atoms with E-state index < -0.39 is 21.7 Å². The predicted molar refractivity (Wildman–Crippen MR) is 120 cm³/mol. The summed E-state index contributed by atoms with van der Waals surface area (Å²) in [6.07, 6.45) is 0. The molecule has 10 heteroatoms. The number of primary sulfonamides is 1. The van der Waals surface area contributed by atoms with Crippen LogP contribution >= 0.6 is 0 Å². The lowest BCUT2D eigenvalue weighted by Crippen LogP contribution is -2.28.